The lowest BCUT2D eigenvalue weighted by Crippen LogP contribution is -2.55. The highest BCUT2D eigenvalue weighted by Crippen LogP contribution is 2.69. The number of carbonyl (C=O) groups is 2. The van der Waals surface area contributed by atoms with Gasteiger partial charge in [-0.2, -0.15) is 0 Å². The molecule has 2 fully saturated rings. The minimum absolute atomic E-state index is 0.0647. The van der Waals surface area contributed by atoms with Gasteiger partial charge in [-0.25, -0.2) is 0 Å². The average molecular weight is 338 g/mol. The molecule has 0 unspecified atom stereocenters. The molecule has 0 saturated heterocycles. The summed E-state index contributed by atoms with van der Waals surface area (Å²) < 4.78 is 10.2. The molecule has 6 rings (SSSR count). The topological polar surface area (TPSA) is 52.6 Å². The monoisotopic (exact) mass is 338 g/mol. The molecule has 0 amide bonds. The van der Waals surface area contributed by atoms with E-state index in [9.17, 15) is 9.59 Å². The number of fused-ring (bicyclic) bond motifs is 6. The maximum Gasteiger partial charge on any atom is 0.310 e. The van der Waals surface area contributed by atoms with Crippen molar-refractivity contribution in [3.8, 4) is 0 Å². The van der Waals surface area contributed by atoms with Crippen molar-refractivity contribution in [1.82, 2.24) is 0 Å². The molecular formula is C21H22O4. The molecule has 130 valence electrons. The van der Waals surface area contributed by atoms with Crippen LogP contribution in [0.25, 0.3) is 0 Å². The molecule has 1 aromatic rings. The zero-order valence-electron chi connectivity index (χ0n) is 14.4. The SMILES string of the molecule is COC(=O)[C@@H]1[C@H]2C=C[C@@H]([C@H]1C(=O)OC)[C@H]1[C@@H]2[C@H]2C[C@@H]1c1ccccc12. The smallest absolute Gasteiger partial charge is 0.310 e. The third kappa shape index (κ3) is 1.77. The fraction of sp³-hybridized carbons (Fsp3) is 0.524. The van der Waals surface area contributed by atoms with Crippen LogP contribution in [0.2, 0.25) is 0 Å². The Hall–Kier alpha value is -2.10. The third-order valence-corrected chi connectivity index (χ3v) is 7.28. The van der Waals surface area contributed by atoms with E-state index in [1.54, 1.807) is 0 Å². The standard InChI is InChI=1S/C21H22O4/c1-24-20(22)18-12-7-8-13(19(18)21(23)25-2)17-15-9-14(16(12)17)10-5-3-4-6-11(10)15/h3-8,12-19H,9H2,1-2H3/t12-,13+,14-,15+,16-,17+,18-,19-/m1/s1. The molecule has 2 saturated carbocycles. The maximum atomic E-state index is 12.6. The Morgan fingerprint density at radius 1 is 0.840 bits per heavy atom. The minimum atomic E-state index is -0.416. The fourth-order valence-electron chi connectivity index (χ4n) is 6.62. The van der Waals surface area contributed by atoms with Crippen molar-refractivity contribution in [2.24, 2.45) is 35.5 Å². The van der Waals surface area contributed by atoms with Crippen LogP contribution in [0.4, 0.5) is 0 Å². The molecule has 0 N–H and O–H groups in total. The zero-order valence-corrected chi connectivity index (χ0v) is 14.4. The summed E-state index contributed by atoms with van der Waals surface area (Å²) in [6.45, 7) is 0. The van der Waals surface area contributed by atoms with Gasteiger partial charge < -0.3 is 9.47 Å². The van der Waals surface area contributed by atoms with E-state index in [-0.39, 0.29) is 23.8 Å². The molecule has 8 atom stereocenters. The van der Waals surface area contributed by atoms with Crippen LogP contribution in [0.5, 0.6) is 0 Å². The third-order valence-electron chi connectivity index (χ3n) is 7.28. The molecule has 25 heavy (non-hydrogen) atoms. The average Bonchev–Trinajstić information content (AvgIpc) is 3.25. The summed E-state index contributed by atoms with van der Waals surface area (Å²) in [5.41, 5.74) is 2.90. The van der Waals surface area contributed by atoms with Crippen molar-refractivity contribution in [2.75, 3.05) is 14.2 Å². The Bertz CT molecular complexity index is 719. The van der Waals surface area contributed by atoms with Crippen molar-refractivity contribution in [3.05, 3.63) is 47.5 Å². The van der Waals surface area contributed by atoms with Gasteiger partial charge in [-0.3, -0.25) is 9.59 Å². The number of methoxy groups -OCH3 is 2. The molecule has 1 aromatic carbocycles. The Morgan fingerprint density at radius 3 is 1.68 bits per heavy atom. The second kappa shape index (κ2) is 5.20. The van der Waals surface area contributed by atoms with Gasteiger partial charge >= 0.3 is 11.9 Å². The highest BCUT2D eigenvalue weighted by atomic mass is 16.5. The lowest BCUT2D eigenvalue weighted by atomic mass is 9.49. The van der Waals surface area contributed by atoms with Gasteiger partial charge in [-0.05, 0) is 53.1 Å². The number of benzene rings is 1. The second-order valence-electron chi connectivity index (χ2n) is 7.87. The second-order valence-corrected chi connectivity index (χ2v) is 7.87. The molecule has 0 spiro atoms. The van der Waals surface area contributed by atoms with Gasteiger partial charge in [-0.1, -0.05) is 36.4 Å². The summed E-state index contributed by atoms with van der Waals surface area (Å²) in [5, 5.41) is 0. The predicted molar refractivity (Wildman–Crippen MR) is 90.7 cm³/mol. The Kier molecular flexibility index (Phi) is 3.16. The van der Waals surface area contributed by atoms with Crippen molar-refractivity contribution >= 4 is 11.9 Å². The van der Waals surface area contributed by atoms with Crippen LogP contribution in [0.3, 0.4) is 0 Å². The van der Waals surface area contributed by atoms with Gasteiger partial charge in [0, 0.05) is 0 Å². The van der Waals surface area contributed by atoms with E-state index < -0.39 is 11.8 Å². The van der Waals surface area contributed by atoms with Crippen molar-refractivity contribution in [3.63, 3.8) is 0 Å². The first-order valence-corrected chi connectivity index (χ1v) is 9.10. The normalized spacial score (nSPS) is 42.0. The highest BCUT2D eigenvalue weighted by molar-refractivity contribution is 5.84. The van der Waals surface area contributed by atoms with Gasteiger partial charge in [0.05, 0.1) is 26.1 Å². The van der Waals surface area contributed by atoms with Gasteiger partial charge in [0.2, 0.25) is 0 Å². The summed E-state index contributed by atoms with van der Waals surface area (Å²) in [5.74, 6) is 0.599. The molecule has 4 bridgehead atoms. The highest BCUT2D eigenvalue weighted by Gasteiger charge is 2.65. The predicted octanol–water partition coefficient (Wildman–Crippen LogP) is 2.90. The first kappa shape index (κ1) is 15.2. The number of hydrogen-bond donors (Lipinski definition) is 0. The maximum absolute atomic E-state index is 12.6. The molecular weight excluding hydrogens is 316 g/mol. The largest absolute Gasteiger partial charge is 0.469 e. The minimum Gasteiger partial charge on any atom is -0.469 e. The summed E-state index contributed by atoms with van der Waals surface area (Å²) in [4.78, 5) is 25.1. The molecule has 4 heteroatoms. The summed E-state index contributed by atoms with van der Waals surface area (Å²) in [7, 11) is 2.83. The number of hydrogen-bond acceptors (Lipinski definition) is 4. The van der Waals surface area contributed by atoms with Crippen molar-refractivity contribution in [1.29, 1.82) is 0 Å². The number of rotatable bonds is 2. The van der Waals surface area contributed by atoms with Crippen LogP contribution < -0.4 is 0 Å². The Balaban J connectivity index is 1.63. The van der Waals surface area contributed by atoms with Crippen LogP contribution in [-0.4, -0.2) is 26.2 Å². The van der Waals surface area contributed by atoms with E-state index in [0.717, 1.165) is 6.42 Å². The van der Waals surface area contributed by atoms with Gasteiger partial charge in [0.1, 0.15) is 0 Å². The number of allylic oxidation sites excluding steroid dienone is 2. The quantitative estimate of drug-likeness (QED) is 0.615. The lowest BCUT2D eigenvalue weighted by Gasteiger charge is -2.53. The fourth-order valence-corrected chi connectivity index (χ4v) is 6.62. The number of ether oxygens (including phenoxy) is 2. The van der Waals surface area contributed by atoms with E-state index >= 15 is 0 Å². The zero-order chi connectivity index (χ0) is 17.3. The number of carbonyl (C=O) groups excluding carboxylic acids is 2. The van der Waals surface area contributed by atoms with Crippen molar-refractivity contribution in [2.45, 2.75) is 18.3 Å². The van der Waals surface area contributed by atoms with E-state index in [1.807, 2.05) is 0 Å². The van der Waals surface area contributed by atoms with Crippen LogP contribution in [-0.2, 0) is 19.1 Å². The van der Waals surface area contributed by atoms with E-state index in [2.05, 4.69) is 36.4 Å². The first-order valence-electron chi connectivity index (χ1n) is 9.10. The molecule has 0 heterocycles. The van der Waals surface area contributed by atoms with Crippen LogP contribution >= 0.6 is 0 Å². The molecule has 4 nitrogen and oxygen atoms in total. The van der Waals surface area contributed by atoms with Gasteiger partial charge in [0.15, 0.2) is 0 Å². The molecule has 5 aliphatic carbocycles. The van der Waals surface area contributed by atoms with Crippen LogP contribution in [0.15, 0.2) is 36.4 Å². The number of esters is 2. The molecule has 5 aliphatic rings. The lowest BCUT2D eigenvalue weighted by molar-refractivity contribution is -0.169. The van der Waals surface area contributed by atoms with Crippen LogP contribution in [0.1, 0.15) is 29.4 Å². The van der Waals surface area contributed by atoms with E-state index in [1.165, 1.54) is 25.3 Å². The Morgan fingerprint density at radius 2 is 1.28 bits per heavy atom. The van der Waals surface area contributed by atoms with Crippen molar-refractivity contribution < 1.29 is 19.1 Å². The summed E-state index contributed by atoms with van der Waals surface area (Å²) >= 11 is 0. The van der Waals surface area contributed by atoms with Crippen LogP contribution in [0, 0.1) is 35.5 Å². The molecule has 0 aliphatic heterocycles. The van der Waals surface area contributed by atoms with Gasteiger partial charge in [-0.15, -0.1) is 0 Å². The van der Waals surface area contributed by atoms with Gasteiger partial charge in [0.25, 0.3) is 0 Å². The summed E-state index contributed by atoms with van der Waals surface area (Å²) in [6.07, 6.45) is 5.50. The summed E-state index contributed by atoms with van der Waals surface area (Å²) in [6, 6.07) is 8.71. The first-order chi connectivity index (χ1) is 12.2. The molecule has 0 radical (unpaired) electrons. The van der Waals surface area contributed by atoms with E-state index in [0.29, 0.717) is 23.7 Å². The molecule has 0 aromatic heterocycles. The van der Waals surface area contributed by atoms with E-state index in [4.69, 9.17) is 9.47 Å². The Labute approximate surface area is 147 Å².